The average molecular weight is 408 g/mol. The normalized spacial score (nSPS) is 21.3. The van der Waals surface area contributed by atoms with Crippen molar-refractivity contribution >= 4 is 25.5 Å². The summed E-state index contributed by atoms with van der Waals surface area (Å²) in [6.07, 6.45) is 4.11. The molecule has 0 saturated heterocycles. The number of fused-ring (bicyclic) bond motifs is 1. The van der Waals surface area contributed by atoms with Gasteiger partial charge in [0.2, 0.25) is 10.0 Å². The van der Waals surface area contributed by atoms with Crippen LogP contribution in [0.15, 0.2) is 47.4 Å². The maximum Gasteiger partial charge on any atom is 0.229 e. The Bertz CT molecular complexity index is 1090. The Balaban J connectivity index is 1.63. The lowest BCUT2D eigenvalue weighted by atomic mass is 9.91. The van der Waals surface area contributed by atoms with Crippen LogP contribution in [0.5, 0.6) is 11.5 Å². The Morgan fingerprint density at radius 3 is 2.48 bits per heavy atom. The summed E-state index contributed by atoms with van der Waals surface area (Å²) in [6.45, 7) is 0. The number of ether oxygens (including phenoxy) is 1. The summed E-state index contributed by atoms with van der Waals surface area (Å²) in [7, 11) is -6.69. The minimum absolute atomic E-state index is 0.179. The number of hydrogen-bond acceptors (Lipinski definition) is 5. The first-order valence-electron chi connectivity index (χ1n) is 8.84. The molecule has 1 heterocycles. The second-order valence-corrected chi connectivity index (χ2v) is 11.1. The molecule has 6 nitrogen and oxygen atoms in total. The minimum atomic E-state index is -3.39. The standard InChI is InChI=1S/C19H21NO5S2/c1-26(21,22)20-14-3-2-4-15(11-14)25-16-7-8-18-17(13-5-6-13)9-10-27(23,24)19(18)12-16/h2-4,7-8,11-13,17,20H,5-6,9-10H2,1H3. The number of sulfone groups is 1. The van der Waals surface area contributed by atoms with Gasteiger partial charge in [-0.3, -0.25) is 4.72 Å². The number of sulfonamides is 1. The zero-order chi connectivity index (χ0) is 19.2. The van der Waals surface area contributed by atoms with Gasteiger partial charge in [0.05, 0.1) is 22.6 Å². The molecule has 0 bridgehead atoms. The highest BCUT2D eigenvalue weighted by Crippen LogP contribution is 2.49. The van der Waals surface area contributed by atoms with Crippen LogP contribution in [0.4, 0.5) is 5.69 Å². The Morgan fingerprint density at radius 1 is 1.04 bits per heavy atom. The molecule has 4 rings (SSSR count). The molecular formula is C19H21NO5S2. The first-order chi connectivity index (χ1) is 12.7. The van der Waals surface area contributed by atoms with Gasteiger partial charge in [0, 0.05) is 6.07 Å². The third-order valence-electron chi connectivity index (χ3n) is 4.98. The maximum absolute atomic E-state index is 12.5. The molecule has 27 heavy (non-hydrogen) atoms. The summed E-state index contributed by atoms with van der Waals surface area (Å²) < 4.78 is 56.0. The Kier molecular flexibility index (Phi) is 4.43. The molecule has 0 amide bonds. The summed E-state index contributed by atoms with van der Waals surface area (Å²) in [4.78, 5) is 0.369. The van der Waals surface area contributed by atoms with Gasteiger partial charge >= 0.3 is 0 Å². The van der Waals surface area contributed by atoms with Gasteiger partial charge in [0.15, 0.2) is 9.84 Å². The first-order valence-corrected chi connectivity index (χ1v) is 12.4. The van der Waals surface area contributed by atoms with E-state index >= 15 is 0 Å². The molecule has 0 aromatic heterocycles. The van der Waals surface area contributed by atoms with E-state index in [2.05, 4.69) is 4.72 Å². The van der Waals surface area contributed by atoms with E-state index in [0.717, 1.165) is 11.8 Å². The summed E-state index contributed by atoms with van der Waals surface area (Å²) in [6, 6.07) is 11.8. The third-order valence-corrected chi connectivity index (χ3v) is 7.38. The van der Waals surface area contributed by atoms with E-state index in [1.165, 1.54) is 12.8 Å². The Labute approximate surface area is 159 Å². The zero-order valence-corrected chi connectivity index (χ0v) is 16.5. The largest absolute Gasteiger partial charge is 0.457 e. The fraction of sp³-hybridized carbons (Fsp3) is 0.368. The van der Waals surface area contributed by atoms with E-state index in [-0.39, 0.29) is 5.75 Å². The third kappa shape index (κ3) is 4.11. The molecule has 1 N–H and O–H groups in total. The van der Waals surface area contributed by atoms with Crippen molar-refractivity contribution in [3.8, 4) is 11.5 Å². The zero-order valence-electron chi connectivity index (χ0n) is 14.9. The van der Waals surface area contributed by atoms with Gasteiger partial charge in [0.25, 0.3) is 0 Å². The lowest BCUT2D eigenvalue weighted by Gasteiger charge is -2.25. The smallest absolute Gasteiger partial charge is 0.229 e. The summed E-state index contributed by atoms with van der Waals surface area (Å²) in [5, 5.41) is 0. The van der Waals surface area contributed by atoms with E-state index in [9.17, 15) is 16.8 Å². The number of hydrogen-bond donors (Lipinski definition) is 1. The quantitative estimate of drug-likeness (QED) is 0.819. The first kappa shape index (κ1) is 18.3. The van der Waals surface area contributed by atoms with Crippen LogP contribution in [-0.4, -0.2) is 28.8 Å². The van der Waals surface area contributed by atoms with Crippen molar-refractivity contribution in [1.82, 2.24) is 0 Å². The topological polar surface area (TPSA) is 89.5 Å². The fourth-order valence-corrected chi connectivity index (χ4v) is 5.88. The second kappa shape index (κ2) is 6.53. The van der Waals surface area contributed by atoms with Crippen molar-refractivity contribution in [2.75, 3.05) is 16.7 Å². The molecule has 1 fully saturated rings. The predicted molar refractivity (Wildman–Crippen MR) is 104 cm³/mol. The molecular weight excluding hydrogens is 386 g/mol. The van der Waals surface area contributed by atoms with Gasteiger partial charge in [0.1, 0.15) is 11.5 Å². The highest BCUT2D eigenvalue weighted by atomic mass is 32.2. The van der Waals surface area contributed by atoms with Gasteiger partial charge in [-0.2, -0.15) is 0 Å². The molecule has 1 aliphatic carbocycles. The Morgan fingerprint density at radius 2 is 1.78 bits per heavy atom. The molecule has 0 radical (unpaired) electrons. The molecule has 2 aliphatic rings. The van der Waals surface area contributed by atoms with Crippen LogP contribution in [0.25, 0.3) is 0 Å². The van der Waals surface area contributed by atoms with Crippen molar-refractivity contribution in [3.05, 3.63) is 48.0 Å². The van der Waals surface area contributed by atoms with E-state index in [0.29, 0.717) is 40.3 Å². The monoisotopic (exact) mass is 407 g/mol. The van der Waals surface area contributed by atoms with Crippen LogP contribution < -0.4 is 9.46 Å². The Hall–Kier alpha value is -2.06. The molecule has 0 spiro atoms. The molecule has 2 aromatic carbocycles. The van der Waals surface area contributed by atoms with Gasteiger partial charge in [-0.25, -0.2) is 16.8 Å². The molecule has 1 unspecified atom stereocenters. The van der Waals surface area contributed by atoms with E-state index in [4.69, 9.17) is 4.74 Å². The van der Waals surface area contributed by atoms with Gasteiger partial charge in [-0.1, -0.05) is 12.1 Å². The molecule has 1 atom stereocenters. The predicted octanol–water partition coefficient (Wildman–Crippen LogP) is 3.52. The van der Waals surface area contributed by atoms with Gasteiger partial charge < -0.3 is 4.74 Å². The summed E-state index contributed by atoms with van der Waals surface area (Å²) >= 11 is 0. The number of nitrogens with one attached hydrogen (secondary N) is 1. The lowest BCUT2D eigenvalue weighted by Crippen LogP contribution is -2.21. The van der Waals surface area contributed by atoms with Crippen LogP contribution >= 0.6 is 0 Å². The second-order valence-electron chi connectivity index (χ2n) is 7.26. The fourth-order valence-electron chi connectivity index (χ4n) is 3.66. The van der Waals surface area contributed by atoms with E-state index in [1.807, 2.05) is 6.07 Å². The van der Waals surface area contributed by atoms with E-state index in [1.54, 1.807) is 36.4 Å². The molecule has 1 aliphatic heterocycles. The van der Waals surface area contributed by atoms with Crippen LogP contribution in [0.3, 0.4) is 0 Å². The van der Waals surface area contributed by atoms with Crippen molar-refractivity contribution < 1.29 is 21.6 Å². The number of benzene rings is 2. The maximum atomic E-state index is 12.5. The van der Waals surface area contributed by atoms with Crippen molar-refractivity contribution in [1.29, 1.82) is 0 Å². The number of rotatable bonds is 5. The molecule has 144 valence electrons. The van der Waals surface area contributed by atoms with Crippen molar-refractivity contribution in [2.24, 2.45) is 5.92 Å². The van der Waals surface area contributed by atoms with Crippen LogP contribution in [0, 0.1) is 5.92 Å². The molecule has 2 aromatic rings. The van der Waals surface area contributed by atoms with Crippen LogP contribution in [0.1, 0.15) is 30.7 Å². The van der Waals surface area contributed by atoms with Crippen LogP contribution in [-0.2, 0) is 19.9 Å². The average Bonchev–Trinajstić information content (AvgIpc) is 3.39. The minimum Gasteiger partial charge on any atom is -0.457 e. The number of anilines is 1. The highest BCUT2D eigenvalue weighted by molar-refractivity contribution is 7.92. The van der Waals surface area contributed by atoms with Gasteiger partial charge in [-0.05, 0) is 60.9 Å². The highest BCUT2D eigenvalue weighted by Gasteiger charge is 2.39. The lowest BCUT2D eigenvalue weighted by molar-refractivity contribution is 0.477. The van der Waals surface area contributed by atoms with Crippen molar-refractivity contribution in [3.63, 3.8) is 0 Å². The summed E-state index contributed by atoms with van der Waals surface area (Å²) in [5.74, 6) is 1.95. The van der Waals surface area contributed by atoms with E-state index < -0.39 is 19.9 Å². The van der Waals surface area contributed by atoms with Gasteiger partial charge in [-0.15, -0.1) is 0 Å². The van der Waals surface area contributed by atoms with Crippen LogP contribution in [0.2, 0.25) is 0 Å². The molecule has 8 heteroatoms. The summed E-state index contributed by atoms with van der Waals surface area (Å²) in [5.41, 5.74) is 1.29. The SMILES string of the molecule is CS(=O)(=O)Nc1cccc(Oc2ccc3c(c2)S(=O)(=O)CCC3C2CC2)c1. The van der Waals surface area contributed by atoms with Crippen molar-refractivity contribution in [2.45, 2.75) is 30.1 Å². The molecule has 1 saturated carbocycles.